The van der Waals surface area contributed by atoms with Gasteiger partial charge < -0.3 is 25.0 Å². The zero-order valence-electron chi connectivity index (χ0n) is 15.6. The van der Waals surface area contributed by atoms with Gasteiger partial charge in [-0.1, -0.05) is 6.07 Å². The van der Waals surface area contributed by atoms with Crippen LogP contribution in [0.4, 0.5) is 5.69 Å². The van der Waals surface area contributed by atoms with Crippen LogP contribution in [0.25, 0.3) is 0 Å². The molecule has 0 aliphatic carbocycles. The zero-order chi connectivity index (χ0) is 19.6. The molecule has 2 unspecified atom stereocenters. The molecule has 0 bridgehead atoms. The average Bonchev–Trinajstić information content (AvgIpc) is 3.15. The van der Waals surface area contributed by atoms with Crippen molar-refractivity contribution < 1.29 is 24.2 Å². The minimum Gasteiger partial charge on any atom is -0.396 e. The maximum Gasteiger partial charge on any atom is 0.253 e. The number of carbonyl (C=O) groups excluding carboxylic acids is 3. The molecule has 3 rings (SSSR count). The number of carbonyl (C=O) groups is 3. The van der Waals surface area contributed by atoms with Gasteiger partial charge in [-0.15, -0.1) is 0 Å². The SMILES string of the molecule is COCC(=O)N1CC2CN(C(=O)c3cccc(NC(C)=O)c3)CC2(CO)C1. The Morgan fingerprint density at radius 3 is 2.59 bits per heavy atom. The van der Waals surface area contributed by atoms with Gasteiger partial charge in [0, 0.05) is 62.8 Å². The van der Waals surface area contributed by atoms with E-state index in [1.807, 2.05) is 0 Å². The molecule has 0 radical (unpaired) electrons. The predicted molar refractivity (Wildman–Crippen MR) is 98.1 cm³/mol. The molecule has 3 amide bonds. The Hall–Kier alpha value is -2.45. The molecule has 8 nitrogen and oxygen atoms in total. The maximum absolute atomic E-state index is 12.9. The van der Waals surface area contributed by atoms with E-state index in [-0.39, 0.29) is 36.9 Å². The topological polar surface area (TPSA) is 99.2 Å². The Morgan fingerprint density at radius 1 is 1.26 bits per heavy atom. The summed E-state index contributed by atoms with van der Waals surface area (Å²) in [5.74, 6) is -0.402. The van der Waals surface area contributed by atoms with Crippen molar-refractivity contribution in [3.05, 3.63) is 29.8 Å². The lowest BCUT2D eigenvalue weighted by Gasteiger charge is -2.27. The highest BCUT2D eigenvalue weighted by Crippen LogP contribution is 2.42. The van der Waals surface area contributed by atoms with E-state index in [4.69, 9.17) is 4.74 Å². The van der Waals surface area contributed by atoms with Crippen LogP contribution < -0.4 is 5.32 Å². The molecule has 2 N–H and O–H groups in total. The highest BCUT2D eigenvalue weighted by Gasteiger charge is 2.54. The molecule has 0 spiro atoms. The number of nitrogens with one attached hydrogen (secondary N) is 1. The lowest BCUT2D eigenvalue weighted by atomic mass is 9.82. The highest BCUT2D eigenvalue weighted by atomic mass is 16.5. The molecule has 2 atom stereocenters. The smallest absolute Gasteiger partial charge is 0.253 e. The largest absolute Gasteiger partial charge is 0.396 e. The number of benzene rings is 1. The molecule has 2 fully saturated rings. The fourth-order valence-electron chi connectivity index (χ4n) is 4.08. The van der Waals surface area contributed by atoms with Crippen LogP contribution in [0.5, 0.6) is 0 Å². The Morgan fingerprint density at radius 2 is 1.96 bits per heavy atom. The molecule has 1 aromatic carbocycles. The van der Waals surface area contributed by atoms with Gasteiger partial charge in [0.25, 0.3) is 5.91 Å². The lowest BCUT2D eigenvalue weighted by molar-refractivity contribution is -0.134. The first-order valence-corrected chi connectivity index (χ1v) is 8.93. The number of aliphatic hydroxyl groups is 1. The van der Waals surface area contributed by atoms with Crippen LogP contribution in [0.15, 0.2) is 24.3 Å². The van der Waals surface area contributed by atoms with Gasteiger partial charge in [0.15, 0.2) is 0 Å². The molecule has 2 saturated heterocycles. The first-order valence-electron chi connectivity index (χ1n) is 8.93. The van der Waals surface area contributed by atoms with Crippen LogP contribution in [0.3, 0.4) is 0 Å². The van der Waals surface area contributed by atoms with Crippen molar-refractivity contribution in [2.75, 3.05) is 51.8 Å². The monoisotopic (exact) mass is 375 g/mol. The van der Waals surface area contributed by atoms with Gasteiger partial charge in [0.05, 0.1) is 6.61 Å². The van der Waals surface area contributed by atoms with Gasteiger partial charge in [-0.05, 0) is 18.2 Å². The number of rotatable bonds is 5. The molecule has 2 aliphatic heterocycles. The summed E-state index contributed by atoms with van der Waals surface area (Å²) in [5, 5.41) is 12.7. The van der Waals surface area contributed by atoms with E-state index in [1.165, 1.54) is 14.0 Å². The lowest BCUT2D eigenvalue weighted by Crippen LogP contribution is -2.41. The third-order valence-electron chi connectivity index (χ3n) is 5.41. The van der Waals surface area contributed by atoms with Crippen molar-refractivity contribution in [1.29, 1.82) is 0 Å². The molecule has 0 saturated carbocycles. The van der Waals surface area contributed by atoms with Gasteiger partial charge in [-0.2, -0.15) is 0 Å². The first-order chi connectivity index (χ1) is 12.9. The summed E-state index contributed by atoms with van der Waals surface area (Å²) in [6.45, 7) is 3.17. The molecule has 2 aliphatic rings. The average molecular weight is 375 g/mol. The van der Waals surface area contributed by atoms with Gasteiger partial charge in [0.1, 0.15) is 6.61 Å². The van der Waals surface area contributed by atoms with Crippen molar-refractivity contribution in [2.24, 2.45) is 11.3 Å². The third kappa shape index (κ3) is 3.81. The van der Waals surface area contributed by atoms with E-state index >= 15 is 0 Å². The van der Waals surface area contributed by atoms with Crippen molar-refractivity contribution in [3.8, 4) is 0 Å². The summed E-state index contributed by atoms with van der Waals surface area (Å²) in [6.07, 6.45) is 0. The zero-order valence-corrected chi connectivity index (χ0v) is 15.6. The number of ether oxygens (including phenoxy) is 1. The Labute approximate surface area is 158 Å². The van der Waals surface area contributed by atoms with Crippen molar-refractivity contribution in [3.63, 3.8) is 0 Å². The van der Waals surface area contributed by atoms with E-state index in [2.05, 4.69) is 5.32 Å². The van der Waals surface area contributed by atoms with Crippen LogP contribution in [0.2, 0.25) is 0 Å². The van der Waals surface area contributed by atoms with Gasteiger partial charge >= 0.3 is 0 Å². The fourth-order valence-corrected chi connectivity index (χ4v) is 4.08. The first kappa shape index (κ1) is 19.3. The number of nitrogens with zero attached hydrogens (tertiary/aromatic N) is 2. The number of fused-ring (bicyclic) bond motifs is 1. The van der Waals surface area contributed by atoms with Crippen molar-refractivity contribution in [2.45, 2.75) is 6.92 Å². The second-order valence-corrected chi connectivity index (χ2v) is 7.37. The highest BCUT2D eigenvalue weighted by molar-refractivity contribution is 5.97. The number of hydrogen-bond donors (Lipinski definition) is 2. The predicted octanol–water partition coefficient (Wildman–Crippen LogP) is 0.184. The summed E-state index contributed by atoms with van der Waals surface area (Å²) in [4.78, 5) is 39.7. The third-order valence-corrected chi connectivity index (χ3v) is 5.41. The number of anilines is 1. The summed E-state index contributed by atoms with van der Waals surface area (Å²) in [6, 6.07) is 6.81. The standard InChI is InChI=1S/C19H25N3O5/c1-13(24)20-16-5-3-4-14(6-16)18(26)22-8-15-7-21(17(25)9-27-2)10-19(15,11-22)12-23/h3-6,15,23H,7-12H2,1-2H3,(H,20,24). The molecule has 2 heterocycles. The van der Waals surface area contributed by atoms with E-state index in [0.29, 0.717) is 37.4 Å². The van der Waals surface area contributed by atoms with Crippen LogP contribution in [-0.4, -0.2) is 79.1 Å². The minimum atomic E-state index is -0.492. The van der Waals surface area contributed by atoms with Gasteiger partial charge in [-0.25, -0.2) is 0 Å². The summed E-state index contributed by atoms with van der Waals surface area (Å²) >= 11 is 0. The Kier molecular flexibility index (Phi) is 5.48. The normalized spacial score (nSPS) is 24.0. The molecule has 8 heteroatoms. The number of methoxy groups -OCH3 is 1. The minimum absolute atomic E-state index is 0.0206. The van der Waals surface area contributed by atoms with Crippen molar-refractivity contribution >= 4 is 23.4 Å². The molecular weight excluding hydrogens is 350 g/mol. The summed E-state index contributed by atoms with van der Waals surface area (Å²) in [7, 11) is 1.48. The van der Waals surface area contributed by atoms with E-state index < -0.39 is 5.41 Å². The second-order valence-electron chi connectivity index (χ2n) is 7.37. The van der Waals surface area contributed by atoms with E-state index in [9.17, 15) is 19.5 Å². The van der Waals surface area contributed by atoms with Crippen LogP contribution in [0, 0.1) is 11.3 Å². The van der Waals surface area contributed by atoms with E-state index in [1.54, 1.807) is 34.1 Å². The van der Waals surface area contributed by atoms with Gasteiger partial charge in [-0.3, -0.25) is 14.4 Å². The molecule has 146 valence electrons. The number of hydrogen-bond acceptors (Lipinski definition) is 5. The van der Waals surface area contributed by atoms with Crippen LogP contribution >= 0.6 is 0 Å². The Balaban J connectivity index is 1.72. The van der Waals surface area contributed by atoms with E-state index in [0.717, 1.165) is 0 Å². The maximum atomic E-state index is 12.9. The van der Waals surface area contributed by atoms with Crippen LogP contribution in [-0.2, 0) is 14.3 Å². The number of aliphatic hydroxyl groups excluding tert-OH is 1. The summed E-state index contributed by atoms with van der Waals surface area (Å²) < 4.78 is 4.91. The Bertz CT molecular complexity index is 753. The molecular formula is C19H25N3O5. The van der Waals surface area contributed by atoms with Crippen molar-refractivity contribution in [1.82, 2.24) is 9.80 Å². The van der Waals surface area contributed by atoms with Gasteiger partial charge in [0.2, 0.25) is 11.8 Å². The quantitative estimate of drug-likeness (QED) is 0.765. The number of amides is 3. The summed E-state index contributed by atoms with van der Waals surface area (Å²) in [5.41, 5.74) is 0.566. The second kappa shape index (κ2) is 7.66. The van der Waals surface area contributed by atoms with Crippen LogP contribution in [0.1, 0.15) is 17.3 Å². The molecule has 1 aromatic rings. The number of likely N-dealkylation sites (tertiary alicyclic amines) is 2. The fraction of sp³-hybridized carbons (Fsp3) is 0.526. The molecule has 0 aromatic heterocycles. The molecule has 27 heavy (non-hydrogen) atoms.